The Morgan fingerprint density at radius 3 is 2.48 bits per heavy atom. The van der Waals surface area contributed by atoms with Gasteiger partial charge in [0, 0.05) is 24.1 Å². The van der Waals surface area contributed by atoms with Gasteiger partial charge in [-0.15, -0.1) is 0 Å². The third-order valence-corrected chi connectivity index (χ3v) is 4.52. The zero-order chi connectivity index (χ0) is 17.8. The minimum absolute atomic E-state index is 0.739. The Morgan fingerprint density at radius 2 is 1.76 bits per heavy atom. The second kappa shape index (κ2) is 7.66. The zero-order valence-electron chi connectivity index (χ0n) is 14.6. The van der Waals surface area contributed by atoms with Crippen molar-refractivity contribution in [2.24, 2.45) is 0 Å². The summed E-state index contributed by atoms with van der Waals surface area (Å²) in [4.78, 5) is 11.2. The zero-order valence-corrected chi connectivity index (χ0v) is 16.2. The molecule has 0 unspecified atom stereocenters. The monoisotopic (exact) mass is 396 g/mol. The third-order valence-electron chi connectivity index (χ3n) is 3.87. The highest BCUT2D eigenvalue weighted by atomic mass is 79.9. The molecule has 0 aliphatic carbocycles. The van der Waals surface area contributed by atoms with Gasteiger partial charge in [0.1, 0.15) is 17.5 Å². The van der Waals surface area contributed by atoms with Crippen LogP contribution in [0, 0.1) is 13.8 Å². The molecule has 4 nitrogen and oxygen atoms in total. The first-order chi connectivity index (χ1) is 12.0. The SMILES string of the molecule is Cc1ccc(Nc2cc(N(C)Cc3ccccc3)nc(C)n2)c(Br)c1. The second-order valence-electron chi connectivity index (χ2n) is 6.11. The number of nitrogens with one attached hydrogen (secondary N) is 1. The lowest BCUT2D eigenvalue weighted by molar-refractivity contribution is 0.880. The molecule has 3 aromatic rings. The first-order valence-corrected chi connectivity index (χ1v) is 8.94. The van der Waals surface area contributed by atoms with E-state index in [4.69, 9.17) is 0 Å². The normalized spacial score (nSPS) is 10.6. The maximum Gasteiger partial charge on any atom is 0.136 e. The smallest absolute Gasteiger partial charge is 0.136 e. The molecule has 0 fully saturated rings. The predicted octanol–water partition coefficient (Wildman–Crippen LogP) is 5.24. The summed E-state index contributed by atoms with van der Waals surface area (Å²) < 4.78 is 1.02. The van der Waals surface area contributed by atoms with Crippen LogP contribution in [0.15, 0.2) is 59.1 Å². The van der Waals surface area contributed by atoms with Gasteiger partial charge in [-0.2, -0.15) is 0 Å². The van der Waals surface area contributed by atoms with E-state index in [0.717, 1.165) is 34.2 Å². The number of anilines is 3. The van der Waals surface area contributed by atoms with Gasteiger partial charge in [0.25, 0.3) is 0 Å². The Labute approximate surface area is 157 Å². The van der Waals surface area contributed by atoms with Crippen LogP contribution in [0.25, 0.3) is 0 Å². The molecular formula is C20H21BrN4. The molecular weight excluding hydrogens is 376 g/mol. The molecule has 0 radical (unpaired) electrons. The van der Waals surface area contributed by atoms with Crippen molar-refractivity contribution in [2.45, 2.75) is 20.4 Å². The van der Waals surface area contributed by atoms with Crippen LogP contribution in [-0.2, 0) is 6.54 Å². The number of nitrogens with zero attached hydrogens (tertiary/aromatic N) is 3. The number of hydrogen-bond acceptors (Lipinski definition) is 4. The van der Waals surface area contributed by atoms with E-state index < -0.39 is 0 Å². The summed E-state index contributed by atoms with van der Waals surface area (Å²) in [6.45, 7) is 4.78. The van der Waals surface area contributed by atoms with Crippen molar-refractivity contribution in [1.29, 1.82) is 0 Å². The lowest BCUT2D eigenvalue weighted by Gasteiger charge is -2.19. The summed E-state index contributed by atoms with van der Waals surface area (Å²) in [6.07, 6.45) is 0. The molecule has 128 valence electrons. The number of hydrogen-bond donors (Lipinski definition) is 1. The summed E-state index contributed by atoms with van der Waals surface area (Å²) in [5, 5.41) is 3.37. The van der Waals surface area contributed by atoms with Crippen molar-refractivity contribution >= 4 is 33.3 Å². The van der Waals surface area contributed by atoms with Crippen LogP contribution in [0.1, 0.15) is 17.0 Å². The van der Waals surface area contributed by atoms with Crippen LogP contribution in [0.4, 0.5) is 17.3 Å². The van der Waals surface area contributed by atoms with Crippen LogP contribution in [-0.4, -0.2) is 17.0 Å². The molecule has 3 rings (SSSR count). The second-order valence-corrected chi connectivity index (χ2v) is 6.96. The lowest BCUT2D eigenvalue weighted by atomic mass is 10.2. The Bertz CT molecular complexity index is 865. The average Bonchev–Trinajstić information content (AvgIpc) is 2.58. The summed E-state index contributed by atoms with van der Waals surface area (Å²) in [5.41, 5.74) is 3.44. The van der Waals surface area contributed by atoms with Crippen LogP contribution in [0.3, 0.4) is 0 Å². The highest BCUT2D eigenvalue weighted by Gasteiger charge is 2.09. The fourth-order valence-electron chi connectivity index (χ4n) is 2.61. The number of benzene rings is 2. The van der Waals surface area contributed by atoms with Crippen LogP contribution >= 0.6 is 15.9 Å². The fourth-order valence-corrected chi connectivity index (χ4v) is 3.20. The molecule has 0 aliphatic heterocycles. The molecule has 0 amide bonds. The molecule has 1 aromatic heterocycles. The minimum Gasteiger partial charge on any atom is -0.355 e. The Balaban J connectivity index is 1.82. The van der Waals surface area contributed by atoms with Gasteiger partial charge in [0.2, 0.25) is 0 Å². The van der Waals surface area contributed by atoms with E-state index in [1.54, 1.807) is 0 Å². The molecule has 0 bridgehead atoms. The maximum atomic E-state index is 4.57. The first-order valence-electron chi connectivity index (χ1n) is 8.15. The van der Waals surface area contributed by atoms with Gasteiger partial charge in [0.15, 0.2) is 0 Å². The molecule has 0 atom stereocenters. The predicted molar refractivity (Wildman–Crippen MR) is 107 cm³/mol. The van der Waals surface area contributed by atoms with E-state index >= 15 is 0 Å². The van der Waals surface area contributed by atoms with Crippen LogP contribution in [0.5, 0.6) is 0 Å². The third kappa shape index (κ3) is 4.57. The number of halogens is 1. The standard InChI is InChI=1S/C20H21BrN4/c1-14-9-10-18(17(21)11-14)24-19-12-20(23-15(2)22-19)25(3)13-16-7-5-4-6-8-16/h4-12H,13H2,1-3H3,(H,22,23,24). The van der Waals surface area contributed by atoms with Crippen LogP contribution in [0.2, 0.25) is 0 Å². The molecule has 1 heterocycles. The fraction of sp³-hybridized carbons (Fsp3) is 0.200. The van der Waals surface area contributed by atoms with Gasteiger partial charge in [0.05, 0.1) is 5.69 Å². The molecule has 2 aromatic carbocycles. The highest BCUT2D eigenvalue weighted by Crippen LogP contribution is 2.27. The number of aryl methyl sites for hydroxylation is 2. The van der Waals surface area contributed by atoms with Crippen molar-refractivity contribution in [3.8, 4) is 0 Å². The summed E-state index contributed by atoms with van der Waals surface area (Å²) in [7, 11) is 2.04. The van der Waals surface area contributed by atoms with Gasteiger partial charge in [-0.25, -0.2) is 9.97 Å². The van der Waals surface area contributed by atoms with E-state index in [-0.39, 0.29) is 0 Å². The quantitative estimate of drug-likeness (QED) is 0.640. The van der Waals surface area contributed by atoms with Crippen LogP contribution < -0.4 is 10.2 Å². The van der Waals surface area contributed by atoms with E-state index in [1.807, 2.05) is 32.2 Å². The van der Waals surface area contributed by atoms with Gasteiger partial charge >= 0.3 is 0 Å². The number of rotatable bonds is 5. The average molecular weight is 397 g/mol. The minimum atomic E-state index is 0.739. The van der Waals surface area contributed by atoms with E-state index in [9.17, 15) is 0 Å². The topological polar surface area (TPSA) is 41.0 Å². The molecule has 5 heteroatoms. The maximum absolute atomic E-state index is 4.57. The van der Waals surface area contributed by atoms with Gasteiger partial charge in [-0.3, -0.25) is 0 Å². The molecule has 25 heavy (non-hydrogen) atoms. The summed E-state index contributed by atoms with van der Waals surface area (Å²) in [6, 6.07) is 18.5. The van der Waals surface area contributed by atoms with Gasteiger partial charge in [-0.05, 0) is 53.0 Å². The molecule has 0 spiro atoms. The summed E-state index contributed by atoms with van der Waals surface area (Å²) in [5.74, 6) is 2.41. The highest BCUT2D eigenvalue weighted by molar-refractivity contribution is 9.10. The van der Waals surface area contributed by atoms with Crippen molar-refractivity contribution in [1.82, 2.24) is 9.97 Å². The lowest BCUT2D eigenvalue weighted by Crippen LogP contribution is -2.18. The van der Waals surface area contributed by atoms with E-state index in [1.165, 1.54) is 11.1 Å². The van der Waals surface area contributed by atoms with Crippen molar-refractivity contribution in [3.05, 3.63) is 76.0 Å². The largest absolute Gasteiger partial charge is 0.355 e. The molecule has 0 saturated carbocycles. The summed E-state index contributed by atoms with van der Waals surface area (Å²) >= 11 is 3.60. The Hall–Kier alpha value is -2.40. The molecule has 1 N–H and O–H groups in total. The number of aromatic nitrogens is 2. The molecule has 0 saturated heterocycles. The van der Waals surface area contributed by atoms with Crippen molar-refractivity contribution in [2.75, 3.05) is 17.3 Å². The van der Waals surface area contributed by atoms with Gasteiger partial charge < -0.3 is 10.2 Å². The first kappa shape index (κ1) is 17.4. The molecule has 0 aliphatic rings. The van der Waals surface area contributed by atoms with Crippen molar-refractivity contribution < 1.29 is 0 Å². The van der Waals surface area contributed by atoms with E-state index in [2.05, 4.69) is 79.4 Å². The Morgan fingerprint density at radius 1 is 1.00 bits per heavy atom. The Kier molecular flexibility index (Phi) is 5.34. The van der Waals surface area contributed by atoms with E-state index in [0.29, 0.717) is 0 Å². The van der Waals surface area contributed by atoms with Gasteiger partial charge in [-0.1, -0.05) is 36.4 Å². The van der Waals surface area contributed by atoms with Crippen molar-refractivity contribution in [3.63, 3.8) is 0 Å².